The lowest BCUT2D eigenvalue weighted by Gasteiger charge is -2.37. The Kier molecular flexibility index (Phi) is 5.61. The zero-order chi connectivity index (χ0) is 22.1. The van der Waals surface area contributed by atoms with Gasteiger partial charge in [-0.2, -0.15) is 0 Å². The Morgan fingerprint density at radius 3 is 2.66 bits per heavy atom. The lowest BCUT2D eigenvalue weighted by molar-refractivity contribution is 0.0962. The summed E-state index contributed by atoms with van der Waals surface area (Å²) in [5.74, 6) is 1.89. The highest BCUT2D eigenvalue weighted by atomic mass is 16.1. The molecule has 3 aromatic rings. The van der Waals surface area contributed by atoms with Gasteiger partial charge in [0.05, 0.1) is 16.5 Å². The molecule has 0 radical (unpaired) electrons. The largest absolute Gasteiger partial charge is 0.357 e. The summed E-state index contributed by atoms with van der Waals surface area (Å²) >= 11 is 0. The number of para-hydroxylation sites is 1. The van der Waals surface area contributed by atoms with Crippen molar-refractivity contribution in [1.29, 1.82) is 0 Å². The van der Waals surface area contributed by atoms with Gasteiger partial charge in [0.2, 0.25) is 0 Å². The van der Waals surface area contributed by atoms with E-state index >= 15 is 0 Å². The molecule has 0 spiro atoms. The smallest absolute Gasteiger partial charge is 0.258 e. The van der Waals surface area contributed by atoms with Crippen molar-refractivity contribution in [1.82, 2.24) is 25.2 Å². The lowest BCUT2D eigenvalue weighted by Crippen LogP contribution is -2.44. The molecule has 2 saturated heterocycles. The number of rotatable bonds is 4. The number of amides is 1. The third-order valence-corrected chi connectivity index (χ3v) is 6.78. The molecule has 32 heavy (non-hydrogen) atoms. The Morgan fingerprint density at radius 1 is 1.09 bits per heavy atom. The first-order valence-corrected chi connectivity index (χ1v) is 11.3. The number of pyridine rings is 1. The van der Waals surface area contributed by atoms with E-state index in [4.69, 9.17) is 4.98 Å². The fourth-order valence-electron chi connectivity index (χ4n) is 4.95. The van der Waals surface area contributed by atoms with Crippen LogP contribution in [0.25, 0.3) is 10.9 Å². The maximum absolute atomic E-state index is 12.4. The van der Waals surface area contributed by atoms with Crippen LogP contribution in [0, 0.1) is 0 Å². The standard InChI is InChI=1S/C24H28N6O2/c1-25-23(31)16-6-7-21(26-14-16)29-12-9-18(10-13-29)30-11-8-17(15-30)22-27-20-5-3-2-4-19(20)24(32)28-22/h2-7,14,17-18H,8-13,15H2,1H3,(H,25,31)(H,27,28,32). The van der Waals surface area contributed by atoms with Crippen molar-refractivity contribution in [2.24, 2.45) is 0 Å². The molecule has 8 nitrogen and oxygen atoms in total. The predicted molar refractivity (Wildman–Crippen MR) is 124 cm³/mol. The molecule has 0 saturated carbocycles. The van der Waals surface area contributed by atoms with Crippen LogP contribution in [0.4, 0.5) is 5.82 Å². The summed E-state index contributed by atoms with van der Waals surface area (Å²) in [5, 5.41) is 3.27. The molecule has 0 aliphatic carbocycles. The van der Waals surface area contributed by atoms with Crippen LogP contribution in [-0.2, 0) is 0 Å². The van der Waals surface area contributed by atoms with Crippen molar-refractivity contribution in [2.45, 2.75) is 31.2 Å². The predicted octanol–water partition coefficient (Wildman–Crippen LogP) is 2.14. The normalized spacial score (nSPS) is 20.0. The van der Waals surface area contributed by atoms with E-state index in [2.05, 4.69) is 25.1 Å². The number of anilines is 1. The summed E-state index contributed by atoms with van der Waals surface area (Å²) in [4.78, 5) is 41.3. The van der Waals surface area contributed by atoms with Gasteiger partial charge < -0.3 is 15.2 Å². The molecule has 1 atom stereocenters. The Balaban J connectivity index is 1.20. The van der Waals surface area contributed by atoms with Crippen molar-refractivity contribution in [3.63, 3.8) is 0 Å². The van der Waals surface area contributed by atoms with Gasteiger partial charge in [0.25, 0.3) is 11.5 Å². The summed E-state index contributed by atoms with van der Waals surface area (Å²) in [6.45, 7) is 3.86. The van der Waals surface area contributed by atoms with Crippen LogP contribution in [0.3, 0.4) is 0 Å². The lowest BCUT2D eigenvalue weighted by atomic mass is 10.0. The van der Waals surface area contributed by atoms with Gasteiger partial charge in [-0.3, -0.25) is 14.5 Å². The van der Waals surface area contributed by atoms with Crippen LogP contribution in [0.1, 0.15) is 41.4 Å². The van der Waals surface area contributed by atoms with Crippen LogP contribution < -0.4 is 15.8 Å². The van der Waals surface area contributed by atoms with Crippen LogP contribution in [0.5, 0.6) is 0 Å². The van der Waals surface area contributed by atoms with E-state index < -0.39 is 0 Å². The first-order valence-electron chi connectivity index (χ1n) is 11.3. The fourth-order valence-corrected chi connectivity index (χ4v) is 4.95. The minimum atomic E-state index is -0.117. The Hall–Kier alpha value is -3.26. The number of carbonyl (C=O) groups is 1. The number of nitrogens with one attached hydrogen (secondary N) is 2. The SMILES string of the molecule is CNC(=O)c1ccc(N2CCC(N3CCC(c4nc5ccccc5c(=O)[nH]4)C3)CC2)nc1. The second kappa shape index (κ2) is 8.70. The molecule has 0 bridgehead atoms. The molecule has 5 rings (SSSR count). The number of hydrogen-bond donors (Lipinski definition) is 2. The van der Waals surface area contributed by atoms with Crippen molar-refractivity contribution >= 4 is 22.6 Å². The van der Waals surface area contributed by atoms with Crippen molar-refractivity contribution in [3.05, 3.63) is 64.3 Å². The first kappa shape index (κ1) is 20.6. The highest BCUT2D eigenvalue weighted by molar-refractivity contribution is 5.93. The molecule has 2 fully saturated rings. The monoisotopic (exact) mass is 432 g/mol. The van der Waals surface area contributed by atoms with Gasteiger partial charge in [0.15, 0.2) is 0 Å². The van der Waals surface area contributed by atoms with Gasteiger partial charge in [-0.05, 0) is 50.1 Å². The molecule has 2 aromatic heterocycles. The molecular weight excluding hydrogens is 404 g/mol. The number of nitrogens with zero attached hydrogens (tertiary/aromatic N) is 4. The van der Waals surface area contributed by atoms with E-state index in [1.165, 1.54) is 0 Å². The number of aromatic nitrogens is 3. The minimum absolute atomic E-state index is 0.0488. The van der Waals surface area contributed by atoms with Crippen molar-refractivity contribution in [3.8, 4) is 0 Å². The molecule has 2 aliphatic rings. The third-order valence-electron chi connectivity index (χ3n) is 6.78. The number of H-pyrrole nitrogens is 1. The van der Waals surface area contributed by atoms with Gasteiger partial charge in [-0.1, -0.05) is 12.1 Å². The first-order chi connectivity index (χ1) is 15.6. The van der Waals surface area contributed by atoms with E-state index in [1.807, 2.05) is 36.4 Å². The topological polar surface area (TPSA) is 94.2 Å². The highest BCUT2D eigenvalue weighted by Gasteiger charge is 2.32. The average Bonchev–Trinajstić information content (AvgIpc) is 3.34. The molecule has 1 aromatic carbocycles. The van der Waals surface area contributed by atoms with Crippen molar-refractivity contribution in [2.75, 3.05) is 38.1 Å². The maximum atomic E-state index is 12.4. The molecule has 8 heteroatoms. The van der Waals surface area contributed by atoms with E-state index in [-0.39, 0.29) is 17.4 Å². The number of fused-ring (bicyclic) bond motifs is 1. The summed E-state index contributed by atoms with van der Waals surface area (Å²) in [6.07, 6.45) is 4.81. The molecule has 1 amide bonds. The minimum Gasteiger partial charge on any atom is -0.357 e. The van der Waals surface area contributed by atoms with E-state index in [1.54, 1.807) is 13.2 Å². The summed E-state index contributed by atoms with van der Waals surface area (Å²) < 4.78 is 0. The molecule has 2 N–H and O–H groups in total. The number of likely N-dealkylation sites (tertiary alicyclic amines) is 1. The number of aromatic amines is 1. The highest BCUT2D eigenvalue weighted by Crippen LogP contribution is 2.30. The molecular formula is C24H28N6O2. The molecule has 1 unspecified atom stereocenters. The number of piperidine rings is 1. The molecule has 166 valence electrons. The van der Waals surface area contributed by atoms with Gasteiger partial charge in [-0.25, -0.2) is 9.97 Å². The summed E-state index contributed by atoms with van der Waals surface area (Å²) in [6, 6.07) is 11.8. The number of hydrogen-bond acceptors (Lipinski definition) is 6. The van der Waals surface area contributed by atoms with Crippen LogP contribution in [0.15, 0.2) is 47.4 Å². The summed E-state index contributed by atoms with van der Waals surface area (Å²) in [7, 11) is 1.62. The van der Waals surface area contributed by atoms with Crippen LogP contribution in [-0.4, -0.2) is 65.0 Å². The van der Waals surface area contributed by atoms with Gasteiger partial charge in [-0.15, -0.1) is 0 Å². The van der Waals surface area contributed by atoms with Gasteiger partial charge in [0, 0.05) is 44.8 Å². The zero-order valence-corrected chi connectivity index (χ0v) is 18.3. The number of benzene rings is 1. The average molecular weight is 433 g/mol. The quantitative estimate of drug-likeness (QED) is 0.656. The van der Waals surface area contributed by atoms with Crippen LogP contribution >= 0.6 is 0 Å². The van der Waals surface area contributed by atoms with E-state index in [0.717, 1.165) is 62.6 Å². The second-order valence-electron chi connectivity index (χ2n) is 8.65. The van der Waals surface area contributed by atoms with Crippen molar-refractivity contribution < 1.29 is 4.79 Å². The summed E-state index contributed by atoms with van der Waals surface area (Å²) in [5.41, 5.74) is 1.30. The Labute approximate surface area is 186 Å². The van der Waals surface area contributed by atoms with E-state index in [0.29, 0.717) is 17.0 Å². The van der Waals surface area contributed by atoms with Gasteiger partial charge >= 0.3 is 0 Å². The Morgan fingerprint density at radius 2 is 1.91 bits per heavy atom. The fraction of sp³-hybridized carbons (Fsp3) is 0.417. The Bertz CT molecular complexity index is 1170. The van der Waals surface area contributed by atoms with E-state index in [9.17, 15) is 9.59 Å². The van der Waals surface area contributed by atoms with Crippen LogP contribution in [0.2, 0.25) is 0 Å². The van der Waals surface area contributed by atoms with Gasteiger partial charge in [0.1, 0.15) is 11.6 Å². The zero-order valence-electron chi connectivity index (χ0n) is 18.3. The third kappa shape index (κ3) is 3.98. The maximum Gasteiger partial charge on any atom is 0.258 e. The number of carbonyl (C=O) groups excluding carboxylic acids is 1. The molecule has 2 aliphatic heterocycles. The molecule has 4 heterocycles. The second-order valence-corrected chi connectivity index (χ2v) is 8.65.